The molecule has 1 aromatic carbocycles. The zero-order valence-corrected chi connectivity index (χ0v) is 21.1. The number of carbonyl (C=O) groups is 1. The van der Waals surface area contributed by atoms with Crippen molar-refractivity contribution < 1.29 is 31.5 Å². The summed E-state index contributed by atoms with van der Waals surface area (Å²) in [6.45, 7) is 7.37. The largest absolute Gasteiger partial charge is 0.496 e. The number of nitrogens with zero attached hydrogens (tertiary/aromatic N) is 4. The van der Waals surface area contributed by atoms with E-state index in [2.05, 4.69) is 25.5 Å². The minimum Gasteiger partial charge on any atom is -0.496 e. The van der Waals surface area contributed by atoms with Gasteiger partial charge < -0.3 is 9.64 Å². The van der Waals surface area contributed by atoms with Crippen molar-refractivity contribution >= 4 is 22.5 Å². The van der Waals surface area contributed by atoms with Crippen LogP contribution in [0.5, 0.6) is 5.75 Å². The number of hydrogen-bond donors (Lipinski definition) is 2. The van der Waals surface area contributed by atoms with E-state index in [1.54, 1.807) is 0 Å². The van der Waals surface area contributed by atoms with E-state index in [0.717, 1.165) is 43.6 Å². The van der Waals surface area contributed by atoms with Crippen molar-refractivity contribution in [2.75, 3.05) is 64.8 Å². The molecule has 0 saturated carbocycles. The molecular formula is C23H29F5N6O2S. The Morgan fingerprint density at radius 1 is 1.03 bits per heavy atom. The molecule has 0 atom stereocenters. The van der Waals surface area contributed by atoms with Crippen molar-refractivity contribution in [3.63, 3.8) is 0 Å². The molecule has 2 amide bonds. The summed E-state index contributed by atoms with van der Waals surface area (Å²) < 4.78 is 71.4. The summed E-state index contributed by atoms with van der Waals surface area (Å²) in [4.78, 5) is 21.5. The third kappa shape index (κ3) is 6.67. The number of anilines is 1. The second-order valence-electron chi connectivity index (χ2n) is 8.97. The summed E-state index contributed by atoms with van der Waals surface area (Å²) in [5.74, 6) is -4.96. The van der Waals surface area contributed by atoms with Crippen LogP contribution in [0.1, 0.15) is 18.4 Å². The smallest absolute Gasteiger partial charge is 0.458 e. The quantitative estimate of drug-likeness (QED) is 0.482. The molecule has 4 rings (SSSR count). The molecule has 0 unspecified atom stereocenters. The number of aromatic nitrogens is 1. The number of urea groups is 1. The van der Waals surface area contributed by atoms with Gasteiger partial charge in [0.05, 0.1) is 12.8 Å². The van der Waals surface area contributed by atoms with Gasteiger partial charge in [-0.15, -0.1) is 11.3 Å². The highest BCUT2D eigenvalue weighted by molar-refractivity contribution is 7.14. The van der Waals surface area contributed by atoms with E-state index in [0.29, 0.717) is 25.2 Å². The molecule has 2 N–H and O–H groups in total. The minimum absolute atomic E-state index is 0.0429. The van der Waals surface area contributed by atoms with Crippen molar-refractivity contribution in [1.29, 1.82) is 0 Å². The maximum atomic E-state index is 13.9. The fourth-order valence-corrected chi connectivity index (χ4v) is 5.07. The van der Waals surface area contributed by atoms with Crippen LogP contribution in [0.4, 0.5) is 31.9 Å². The van der Waals surface area contributed by atoms with Gasteiger partial charge in [-0.2, -0.15) is 22.0 Å². The van der Waals surface area contributed by atoms with Crippen molar-refractivity contribution in [1.82, 2.24) is 25.2 Å². The molecule has 0 bridgehead atoms. The van der Waals surface area contributed by atoms with Gasteiger partial charge in [0.1, 0.15) is 5.75 Å². The van der Waals surface area contributed by atoms with Crippen LogP contribution in [0.2, 0.25) is 0 Å². The first-order valence-electron chi connectivity index (χ1n) is 11.9. The molecule has 1 aromatic heterocycles. The Balaban J connectivity index is 1.32. The summed E-state index contributed by atoms with van der Waals surface area (Å²) >= 11 is 1.01. The lowest BCUT2D eigenvalue weighted by molar-refractivity contribution is -0.289. The topological polar surface area (TPSA) is 73.0 Å². The van der Waals surface area contributed by atoms with Crippen LogP contribution < -0.4 is 15.5 Å². The van der Waals surface area contributed by atoms with Gasteiger partial charge in [0.25, 0.3) is 0 Å². The summed E-state index contributed by atoms with van der Waals surface area (Å²) in [6, 6.07) is 1.89. The van der Waals surface area contributed by atoms with Gasteiger partial charge in [-0.05, 0) is 44.1 Å². The number of carbonyl (C=O) groups excluding carboxylic acids is 1. The normalized spacial score (nSPS) is 18.2. The number of hydrogen-bond acceptors (Lipinski definition) is 7. The van der Waals surface area contributed by atoms with Crippen molar-refractivity contribution in [2.24, 2.45) is 0 Å². The first-order chi connectivity index (χ1) is 17.6. The third-order valence-electron chi connectivity index (χ3n) is 6.48. The van der Waals surface area contributed by atoms with Gasteiger partial charge in [-0.25, -0.2) is 14.8 Å². The van der Waals surface area contributed by atoms with Gasteiger partial charge in [0, 0.05) is 55.8 Å². The number of rotatable bonds is 8. The Morgan fingerprint density at radius 3 is 2.30 bits per heavy atom. The average molecular weight is 549 g/mol. The third-order valence-corrected chi connectivity index (χ3v) is 7.24. The van der Waals surface area contributed by atoms with Crippen LogP contribution in [-0.2, 0) is 5.92 Å². The van der Waals surface area contributed by atoms with E-state index in [1.165, 1.54) is 38.4 Å². The molecule has 2 fully saturated rings. The highest BCUT2D eigenvalue weighted by Crippen LogP contribution is 2.46. The molecule has 0 spiro atoms. The Hall–Kier alpha value is -2.55. The number of halogens is 5. The summed E-state index contributed by atoms with van der Waals surface area (Å²) in [5.41, 5.74) is 1.60. The van der Waals surface area contributed by atoms with Gasteiger partial charge in [-0.3, -0.25) is 15.6 Å². The van der Waals surface area contributed by atoms with Crippen molar-refractivity contribution in [3.8, 4) is 17.0 Å². The van der Waals surface area contributed by atoms with Gasteiger partial charge in [0.15, 0.2) is 5.13 Å². The Morgan fingerprint density at radius 2 is 1.68 bits per heavy atom. The molecule has 2 aromatic rings. The number of thiazole rings is 1. The lowest BCUT2D eigenvalue weighted by Gasteiger charge is -2.35. The number of alkyl halides is 5. The molecule has 0 aliphatic carbocycles. The second kappa shape index (κ2) is 11.5. The lowest BCUT2D eigenvalue weighted by atomic mass is 10.0. The summed E-state index contributed by atoms with van der Waals surface area (Å²) in [6.07, 6.45) is -3.21. The van der Waals surface area contributed by atoms with Crippen LogP contribution in [0.3, 0.4) is 0 Å². The highest BCUT2D eigenvalue weighted by Gasteiger charge is 2.58. The van der Waals surface area contributed by atoms with Gasteiger partial charge in [-0.1, -0.05) is 0 Å². The SMILES string of the molecule is COc1ccc(C(F)(F)C(F)(F)F)cc1-c1csc(NC(=O)NN2CCN(CCN3CCCC3)CC2)n1. The van der Waals surface area contributed by atoms with E-state index in [1.807, 2.05) is 5.01 Å². The molecule has 3 heterocycles. The van der Waals surface area contributed by atoms with E-state index >= 15 is 0 Å². The highest BCUT2D eigenvalue weighted by atomic mass is 32.1. The first-order valence-corrected chi connectivity index (χ1v) is 12.8. The van der Waals surface area contributed by atoms with Crippen LogP contribution in [0.15, 0.2) is 23.6 Å². The maximum absolute atomic E-state index is 13.9. The Labute approximate surface area is 215 Å². The average Bonchev–Trinajstić information content (AvgIpc) is 3.55. The Bertz CT molecular complexity index is 1070. The van der Waals surface area contributed by atoms with Crippen molar-refractivity contribution in [2.45, 2.75) is 24.9 Å². The zero-order valence-electron chi connectivity index (χ0n) is 20.3. The molecule has 2 aliphatic heterocycles. The molecule has 2 saturated heterocycles. The first kappa shape index (κ1) is 27.5. The van der Waals surface area contributed by atoms with E-state index in [9.17, 15) is 26.7 Å². The summed E-state index contributed by atoms with van der Waals surface area (Å²) in [5, 5.41) is 6.00. The molecular weight excluding hydrogens is 519 g/mol. The molecule has 204 valence electrons. The van der Waals surface area contributed by atoms with Crippen LogP contribution in [0, 0.1) is 0 Å². The van der Waals surface area contributed by atoms with Gasteiger partial charge >= 0.3 is 18.1 Å². The molecule has 2 aliphatic rings. The summed E-state index contributed by atoms with van der Waals surface area (Å²) in [7, 11) is 1.27. The molecule has 8 nitrogen and oxygen atoms in total. The number of hydrazine groups is 1. The number of benzene rings is 1. The van der Waals surface area contributed by atoms with Crippen LogP contribution in [0.25, 0.3) is 11.3 Å². The number of nitrogens with one attached hydrogen (secondary N) is 2. The minimum atomic E-state index is -5.74. The maximum Gasteiger partial charge on any atom is 0.458 e. The number of piperazine rings is 1. The zero-order chi connectivity index (χ0) is 26.6. The fourth-order valence-electron chi connectivity index (χ4n) is 4.36. The van der Waals surface area contributed by atoms with Crippen LogP contribution in [-0.4, -0.2) is 91.5 Å². The lowest BCUT2D eigenvalue weighted by Crippen LogP contribution is -2.55. The van der Waals surface area contributed by atoms with Crippen molar-refractivity contribution in [3.05, 3.63) is 29.1 Å². The second-order valence-corrected chi connectivity index (χ2v) is 9.83. The van der Waals surface area contributed by atoms with E-state index in [-0.39, 0.29) is 22.1 Å². The van der Waals surface area contributed by atoms with E-state index in [4.69, 9.17) is 4.74 Å². The fraction of sp³-hybridized carbons (Fsp3) is 0.565. The van der Waals surface area contributed by atoms with E-state index < -0.39 is 23.7 Å². The molecule has 37 heavy (non-hydrogen) atoms. The number of amides is 2. The molecule has 14 heteroatoms. The molecule has 0 radical (unpaired) electrons. The predicted molar refractivity (Wildman–Crippen MR) is 130 cm³/mol. The Kier molecular flexibility index (Phi) is 8.51. The standard InChI is InChI=1S/C23H29F5N6O2S/c1-36-19-5-4-16(22(24,25)23(26,27)28)14-17(19)18-15-37-21(29-18)30-20(35)31-34-12-10-33(11-13-34)9-8-32-6-2-3-7-32/h4-5,14-15H,2-3,6-13H2,1H3,(H2,29,30,31,35). The van der Waals surface area contributed by atoms with Gasteiger partial charge in [0.2, 0.25) is 0 Å². The number of ether oxygens (including phenoxy) is 1. The predicted octanol–water partition coefficient (Wildman–Crippen LogP) is 4.22. The number of likely N-dealkylation sites (tertiary alicyclic amines) is 1. The number of methoxy groups -OCH3 is 1. The monoisotopic (exact) mass is 548 g/mol. The van der Waals surface area contributed by atoms with Crippen LogP contribution >= 0.6 is 11.3 Å².